The summed E-state index contributed by atoms with van der Waals surface area (Å²) in [5.41, 5.74) is -1.19. The van der Waals surface area contributed by atoms with Gasteiger partial charge in [0.25, 0.3) is 5.56 Å². The number of carboxylic acid groups (broad SMARTS) is 2. The van der Waals surface area contributed by atoms with Crippen molar-refractivity contribution in [3.63, 3.8) is 0 Å². The van der Waals surface area contributed by atoms with E-state index in [0.29, 0.717) is 10.1 Å². The first-order chi connectivity index (χ1) is 12.2. The number of nitrogens with one attached hydrogen (secondary N) is 2. The van der Waals surface area contributed by atoms with Crippen LogP contribution in [-0.4, -0.2) is 43.7 Å². The van der Waals surface area contributed by atoms with E-state index >= 15 is 0 Å². The monoisotopic (exact) mass is 363 g/mol. The first-order valence-electron chi connectivity index (χ1n) is 7.71. The molecule has 0 fully saturated rings. The van der Waals surface area contributed by atoms with Crippen molar-refractivity contribution in [2.45, 2.75) is 31.8 Å². The fourth-order valence-electron chi connectivity index (χ4n) is 2.46. The molecule has 0 radical (unpaired) electrons. The summed E-state index contributed by atoms with van der Waals surface area (Å²) in [5, 5.41) is 20.1. The number of carbonyl (C=O) groups excluding carboxylic acids is 1. The van der Waals surface area contributed by atoms with Crippen LogP contribution in [0.5, 0.6) is 0 Å². The molecule has 0 aliphatic rings. The number of hydrogen-bond donors (Lipinski definition) is 4. The summed E-state index contributed by atoms with van der Waals surface area (Å²) in [7, 11) is 0. The highest BCUT2D eigenvalue weighted by Crippen LogP contribution is 2.07. The van der Waals surface area contributed by atoms with Crippen molar-refractivity contribution < 1.29 is 24.6 Å². The minimum atomic E-state index is -1.45. The first kappa shape index (κ1) is 18.9. The van der Waals surface area contributed by atoms with Crippen LogP contribution in [0.1, 0.15) is 25.8 Å². The van der Waals surface area contributed by atoms with Gasteiger partial charge in [-0.1, -0.05) is 12.1 Å². The Morgan fingerprint density at radius 3 is 2.46 bits per heavy atom. The minimum Gasteiger partial charge on any atom is -0.481 e. The molecule has 2 aromatic rings. The number of hydrogen-bond acceptors (Lipinski definition) is 5. The van der Waals surface area contributed by atoms with Crippen LogP contribution < -0.4 is 16.6 Å². The summed E-state index contributed by atoms with van der Waals surface area (Å²) in [5.74, 6) is -3.50. The standard InChI is InChI=1S/C16H17N3O7/c1-8(13(22)17-11(15(24)25)6-7-12(20)21)19-14(23)9-4-2-3-5-10(9)18-16(19)26/h2-5,8,11H,6-7H2,1H3,(H,17,22)(H,18,26)(H,20,21)(H,24,25). The molecule has 0 aliphatic heterocycles. The molecule has 4 N–H and O–H groups in total. The average Bonchev–Trinajstić information content (AvgIpc) is 2.57. The number of fused-ring (bicyclic) bond motifs is 1. The van der Waals surface area contributed by atoms with Crippen LogP contribution in [0, 0.1) is 0 Å². The number of rotatable bonds is 7. The van der Waals surface area contributed by atoms with Crippen molar-refractivity contribution in [3.8, 4) is 0 Å². The molecule has 2 rings (SSSR count). The molecule has 10 heteroatoms. The molecule has 1 aromatic heterocycles. The Morgan fingerprint density at radius 2 is 1.85 bits per heavy atom. The number of aromatic amines is 1. The van der Waals surface area contributed by atoms with E-state index in [9.17, 15) is 24.0 Å². The third kappa shape index (κ3) is 3.97. The van der Waals surface area contributed by atoms with E-state index in [2.05, 4.69) is 10.3 Å². The molecule has 0 spiro atoms. The van der Waals surface area contributed by atoms with Gasteiger partial charge in [0.1, 0.15) is 12.1 Å². The van der Waals surface area contributed by atoms with Gasteiger partial charge in [0.2, 0.25) is 5.91 Å². The second-order valence-electron chi connectivity index (χ2n) is 5.66. The number of carbonyl (C=O) groups is 3. The number of aliphatic carboxylic acids is 2. The van der Waals surface area contributed by atoms with Crippen molar-refractivity contribution in [3.05, 3.63) is 45.1 Å². The third-order valence-corrected chi connectivity index (χ3v) is 3.86. The van der Waals surface area contributed by atoms with E-state index in [1.807, 2.05) is 0 Å². The lowest BCUT2D eigenvalue weighted by Crippen LogP contribution is -2.48. The highest BCUT2D eigenvalue weighted by atomic mass is 16.4. The van der Waals surface area contributed by atoms with Crippen LogP contribution in [-0.2, 0) is 14.4 Å². The van der Waals surface area contributed by atoms with Gasteiger partial charge in [-0.05, 0) is 25.5 Å². The van der Waals surface area contributed by atoms with Gasteiger partial charge < -0.3 is 20.5 Å². The molecule has 1 aromatic carbocycles. The van der Waals surface area contributed by atoms with Crippen molar-refractivity contribution in [1.82, 2.24) is 14.9 Å². The Hall–Kier alpha value is -3.43. The summed E-state index contributed by atoms with van der Waals surface area (Å²) >= 11 is 0. The highest BCUT2D eigenvalue weighted by molar-refractivity contribution is 5.86. The molecule has 0 saturated carbocycles. The maximum Gasteiger partial charge on any atom is 0.329 e. The van der Waals surface area contributed by atoms with Gasteiger partial charge in [0.15, 0.2) is 0 Å². The molecule has 0 saturated heterocycles. The van der Waals surface area contributed by atoms with E-state index in [4.69, 9.17) is 10.2 Å². The van der Waals surface area contributed by atoms with E-state index in [0.717, 1.165) is 0 Å². The Labute approximate surface area is 146 Å². The Kier molecular flexibility index (Phi) is 5.55. The quantitative estimate of drug-likeness (QED) is 0.525. The van der Waals surface area contributed by atoms with Gasteiger partial charge in [-0.3, -0.25) is 14.4 Å². The van der Waals surface area contributed by atoms with Crippen molar-refractivity contribution in [2.75, 3.05) is 0 Å². The van der Waals surface area contributed by atoms with Gasteiger partial charge in [-0.2, -0.15) is 0 Å². The molecule has 1 heterocycles. The lowest BCUT2D eigenvalue weighted by Gasteiger charge is -2.18. The van der Waals surface area contributed by atoms with Crippen LogP contribution in [0.3, 0.4) is 0 Å². The number of benzene rings is 1. The van der Waals surface area contributed by atoms with Gasteiger partial charge in [0, 0.05) is 6.42 Å². The Bertz CT molecular complexity index is 976. The molecule has 0 bridgehead atoms. The molecule has 0 aliphatic carbocycles. The fraction of sp³-hybridized carbons (Fsp3) is 0.312. The number of amides is 1. The number of para-hydroxylation sites is 1. The summed E-state index contributed by atoms with van der Waals surface area (Å²) < 4.78 is 0.688. The SMILES string of the molecule is CC(C(=O)NC(CCC(=O)O)C(=O)O)n1c(=O)[nH]c2ccccc2c1=O. The molecule has 26 heavy (non-hydrogen) atoms. The van der Waals surface area contributed by atoms with Gasteiger partial charge in [0.05, 0.1) is 10.9 Å². The lowest BCUT2D eigenvalue weighted by molar-refractivity contribution is -0.143. The fourth-order valence-corrected chi connectivity index (χ4v) is 2.46. The second-order valence-corrected chi connectivity index (χ2v) is 5.66. The normalized spacial score (nSPS) is 13.1. The molecule has 138 valence electrons. The predicted octanol–water partition coefficient (Wildman–Crippen LogP) is -0.315. The number of carboxylic acids is 2. The van der Waals surface area contributed by atoms with E-state index < -0.39 is 47.6 Å². The maximum atomic E-state index is 12.5. The van der Waals surface area contributed by atoms with Crippen molar-refractivity contribution in [2.24, 2.45) is 0 Å². The minimum absolute atomic E-state index is 0.201. The molecule has 1 amide bonds. The zero-order chi connectivity index (χ0) is 19.4. The highest BCUT2D eigenvalue weighted by Gasteiger charge is 2.26. The van der Waals surface area contributed by atoms with E-state index in [-0.39, 0.29) is 11.8 Å². The van der Waals surface area contributed by atoms with Gasteiger partial charge in [-0.25, -0.2) is 14.2 Å². The van der Waals surface area contributed by atoms with E-state index in [1.54, 1.807) is 18.2 Å². The first-order valence-corrected chi connectivity index (χ1v) is 7.71. The van der Waals surface area contributed by atoms with Crippen LogP contribution in [0.2, 0.25) is 0 Å². The Morgan fingerprint density at radius 1 is 1.19 bits per heavy atom. The summed E-state index contributed by atoms with van der Waals surface area (Å²) in [6, 6.07) is 3.53. The van der Waals surface area contributed by atoms with E-state index in [1.165, 1.54) is 13.0 Å². The van der Waals surface area contributed by atoms with Crippen LogP contribution >= 0.6 is 0 Å². The lowest BCUT2D eigenvalue weighted by atomic mass is 10.1. The van der Waals surface area contributed by atoms with Crippen molar-refractivity contribution >= 4 is 28.7 Å². The number of H-pyrrole nitrogens is 1. The second kappa shape index (κ2) is 7.64. The third-order valence-electron chi connectivity index (χ3n) is 3.86. The molecular weight excluding hydrogens is 346 g/mol. The van der Waals surface area contributed by atoms with Gasteiger partial charge >= 0.3 is 17.6 Å². The number of nitrogens with zero attached hydrogens (tertiary/aromatic N) is 1. The number of aromatic nitrogens is 2. The van der Waals surface area contributed by atoms with Crippen molar-refractivity contribution in [1.29, 1.82) is 0 Å². The summed E-state index contributed by atoms with van der Waals surface area (Å²) in [6.45, 7) is 1.27. The summed E-state index contributed by atoms with van der Waals surface area (Å²) in [6.07, 6.45) is -0.783. The predicted molar refractivity (Wildman–Crippen MR) is 90.0 cm³/mol. The maximum absolute atomic E-state index is 12.5. The van der Waals surface area contributed by atoms with Gasteiger partial charge in [-0.15, -0.1) is 0 Å². The van der Waals surface area contributed by atoms with Crippen LogP contribution in [0.15, 0.2) is 33.9 Å². The zero-order valence-electron chi connectivity index (χ0n) is 13.8. The van der Waals surface area contributed by atoms with Crippen LogP contribution in [0.4, 0.5) is 0 Å². The molecular formula is C16H17N3O7. The smallest absolute Gasteiger partial charge is 0.329 e. The zero-order valence-corrected chi connectivity index (χ0v) is 13.8. The molecule has 2 atom stereocenters. The average molecular weight is 363 g/mol. The Balaban J connectivity index is 2.31. The van der Waals surface area contributed by atoms with Crippen LogP contribution in [0.25, 0.3) is 10.9 Å². The molecule has 10 nitrogen and oxygen atoms in total. The largest absolute Gasteiger partial charge is 0.481 e. The summed E-state index contributed by atoms with van der Waals surface area (Å²) in [4.78, 5) is 61.2. The molecule has 2 unspecified atom stereocenters. The topological polar surface area (TPSA) is 159 Å².